The largest absolute Gasteiger partial charge is 0.465 e. The van der Waals surface area contributed by atoms with E-state index in [0.29, 0.717) is 51.3 Å². The molecule has 2 amide bonds. The lowest BCUT2D eigenvalue weighted by Crippen LogP contribution is -2.53. The second kappa shape index (κ2) is 9.71. The van der Waals surface area contributed by atoms with E-state index in [-0.39, 0.29) is 18.0 Å². The van der Waals surface area contributed by atoms with Gasteiger partial charge in [0.05, 0.1) is 17.3 Å². The summed E-state index contributed by atoms with van der Waals surface area (Å²) in [6.45, 7) is 3.58. The molecule has 2 aliphatic rings. The van der Waals surface area contributed by atoms with Gasteiger partial charge in [0.25, 0.3) is 0 Å². The van der Waals surface area contributed by atoms with Crippen molar-refractivity contribution in [3.63, 3.8) is 0 Å². The van der Waals surface area contributed by atoms with Crippen LogP contribution in [-0.4, -0.2) is 71.7 Å². The van der Waals surface area contributed by atoms with E-state index < -0.39 is 6.09 Å². The van der Waals surface area contributed by atoms with Gasteiger partial charge in [0.15, 0.2) is 0 Å². The number of anilines is 1. The number of hydrogen-bond donors (Lipinski definition) is 2. The van der Waals surface area contributed by atoms with Crippen molar-refractivity contribution in [1.82, 2.24) is 15.1 Å². The molecule has 2 fully saturated rings. The van der Waals surface area contributed by atoms with Gasteiger partial charge in [-0.3, -0.25) is 9.69 Å². The number of para-hydroxylation sites is 1. The van der Waals surface area contributed by atoms with Crippen LogP contribution in [0, 0.1) is 11.3 Å². The zero-order chi connectivity index (χ0) is 22.5. The molecule has 0 radical (unpaired) electrons. The molecule has 0 aliphatic carbocycles. The lowest BCUT2D eigenvalue weighted by atomic mass is 10.1. The highest BCUT2D eigenvalue weighted by atomic mass is 16.4. The average Bonchev–Trinajstić information content (AvgIpc) is 3.20. The molecule has 2 saturated heterocycles. The Morgan fingerprint density at radius 3 is 2.41 bits per heavy atom. The Morgan fingerprint density at radius 2 is 1.72 bits per heavy atom. The normalized spacial score (nSPS) is 21.2. The van der Waals surface area contributed by atoms with Crippen molar-refractivity contribution in [1.29, 1.82) is 5.26 Å². The van der Waals surface area contributed by atoms with E-state index in [1.165, 1.54) is 0 Å². The molecule has 8 nitrogen and oxygen atoms in total. The third-order valence-corrected chi connectivity index (χ3v) is 6.20. The molecular formula is C24H27N5O3. The fraction of sp³-hybridized carbons (Fsp3) is 0.375. The highest BCUT2D eigenvalue weighted by Crippen LogP contribution is 2.25. The van der Waals surface area contributed by atoms with E-state index in [4.69, 9.17) is 5.11 Å². The van der Waals surface area contributed by atoms with E-state index in [1.54, 1.807) is 0 Å². The number of carbonyl (C=O) groups is 2. The fourth-order valence-corrected chi connectivity index (χ4v) is 4.65. The Labute approximate surface area is 187 Å². The number of hydrogen-bond acceptors (Lipinski definition) is 5. The summed E-state index contributed by atoms with van der Waals surface area (Å²) in [7, 11) is 0. The molecule has 166 valence electrons. The minimum Gasteiger partial charge on any atom is -0.465 e. The molecule has 2 unspecified atom stereocenters. The number of nitrogens with zero attached hydrogens (tertiary/aromatic N) is 4. The van der Waals surface area contributed by atoms with Gasteiger partial charge in [-0.1, -0.05) is 42.5 Å². The molecule has 2 aromatic rings. The summed E-state index contributed by atoms with van der Waals surface area (Å²) in [5.74, 6) is 0.0452. The molecule has 0 spiro atoms. The quantitative estimate of drug-likeness (QED) is 0.749. The van der Waals surface area contributed by atoms with Gasteiger partial charge in [-0.25, -0.2) is 4.79 Å². The topological polar surface area (TPSA) is 99.9 Å². The van der Waals surface area contributed by atoms with Crippen LogP contribution in [0.25, 0.3) is 0 Å². The van der Waals surface area contributed by atoms with Crippen molar-refractivity contribution in [2.45, 2.75) is 25.0 Å². The van der Waals surface area contributed by atoms with Gasteiger partial charge in [0, 0.05) is 45.3 Å². The van der Waals surface area contributed by atoms with Crippen LogP contribution in [0.15, 0.2) is 54.6 Å². The Bertz CT molecular complexity index is 998. The Morgan fingerprint density at radius 1 is 1.03 bits per heavy atom. The summed E-state index contributed by atoms with van der Waals surface area (Å²) in [5.41, 5.74) is 2.64. The van der Waals surface area contributed by atoms with E-state index >= 15 is 0 Å². The van der Waals surface area contributed by atoms with Crippen LogP contribution < -0.4 is 10.2 Å². The first-order valence-corrected chi connectivity index (χ1v) is 10.9. The number of benzene rings is 2. The molecule has 4 rings (SSSR count). The molecule has 32 heavy (non-hydrogen) atoms. The van der Waals surface area contributed by atoms with Crippen molar-refractivity contribution in [2.75, 3.05) is 37.6 Å². The van der Waals surface area contributed by atoms with Crippen LogP contribution >= 0.6 is 0 Å². The van der Waals surface area contributed by atoms with Gasteiger partial charge < -0.3 is 20.2 Å². The van der Waals surface area contributed by atoms with Crippen molar-refractivity contribution in [2.24, 2.45) is 0 Å². The number of rotatable bonds is 5. The van der Waals surface area contributed by atoms with Crippen molar-refractivity contribution in [3.05, 3.63) is 65.7 Å². The van der Waals surface area contributed by atoms with Gasteiger partial charge in [-0.05, 0) is 24.1 Å². The first-order chi connectivity index (χ1) is 15.5. The van der Waals surface area contributed by atoms with Gasteiger partial charge >= 0.3 is 6.09 Å². The lowest BCUT2D eigenvalue weighted by molar-refractivity contribution is -0.136. The zero-order valence-electron chi connectivity index (χ0n) is 17.9. The second-order valence-corrected chi connectivity index (χ2v) is 8.25. The zero-order valence-corrected chi connectivity index (χ0v) is 17.9. The third kappa shape index (κ3) is 4.84. The van der Waals surface area contributed by atoms with E-state index in [0.717, 1.165) is 11.3 Å². The minimum atomic E-state index is -1.06. The molecule has 2 aromatic carbocycles. The molecular weight excluding hydrogens is 406 g/mol. The van der Waals surface area contributed by atoms with E-state index in [2.05, 4.69) is 21.2 Å². The highest BCUT2D eigenvalue weighted by Gasteiger charge is 2.40. The maximum atomic E-state index is 13.4. The second-order valence-electron chi connectivity index (χ2n) is 8.25. The first-order valence-electron chi connectivity index (χ1n) is 10.9. The summed E-state index contributed by atoms with van der Waals surface area (Å²) >= 11 is 0. The highest BCUT2D eigenvalue weighted by molar-refractivity contribution is 5.83. The molecule has 0 saturated carbocycles. The summed E-state index contributed by atoms with van der Waals surface area (Å²) < 4.78 is 0. The van der Waals surface area contributed by atoms with Crippen LogP contribution in [0.2, 0.25) is 0 Å². The van der Waals surface area contributed by atoms with Crippen LogP contribution in [0.4, 0.5) is 10.5 Å². The summed E-state index contributed by atoms with van der Waals surface area (Å²) in [6.07, 6.45) is -0.595. The van der Waals surface area contributed by atoms with Crippen LogP contribution in [-0.2, 0) is 11.3 Å². The number of carbonyl (C=O) groups excluding carboxylic acids is 1. The van der Waals surface area contributed by atoms with Crippen LogP contribution in [0.1, 0.15) is 17.5 Å². The van der Waals surface area contributed by atoms with E-state index in [1.807, 2.05) is 59.5 Å². The monoisotopic (exact) mass is 433 g/mol. The third-order valence-electron chi connectivity index (χ3n) is 6.20. The Kier molecular flexibility index (Phi) is 6.57. The van der Waals surface area contributed by atoms with Crippen LogP contribution in [0.5, 0.6) is 0 Å². The number of piperazine rings is 1. The molecule has 2 atom stereocenters. The number of carboxylic acid groups (broad SMARTS) is 1. The van der Waals surface area contributed by atoms with Crippen LogP contribution in [0.3, 0.4) is 0 Å². The first kappa shape index (κ1) is 21.7. The maximum Gasteiger partial charge on any atom is 0.404 e. The minimum absolute atomic E-state index is 0.0452. The predicted molar refractivity (Wildman–Crippen MR) is 120 cm³/mol. The Hall–Kier alpha value is -3.57. The maximum absolute atomic E-state index is 13.4. The SMILES string of the molecule is N#Cc1ccccc1N1CCN(C(=O)C2CC(NC(=O)O)CN2Cc2ccccc2)CC1. The fourth-order valence-electron chi connectivity index (χ4n) is 4.65. The van der Waals surface area contributed by atoms with E-state index in [9.17, 15) is 14.9 Å². The molecule has 2 aliphatic heterocycles. The number of amides is 2. The van der Waals surface area contributed by atoms with Crippen molar-refractivity contribution in [3.8, 4) is 6.07 Å². The van der Waals surface area contributed by atoms with Crippen molar-refractivity contribution >= 4 is 17.7 Å². The molecule has 0 bridgehead atoms. The molecule has 8 heteroatoms. The smallest absolute Gasteiger partial charge is 0.404 e. The van der Waals surface area contributed by atoms with Gasteiger partial charge in [-0.15, -0.1) is 0 Å². The Balaban J connectivity index is 1.43. The number of nitrogens with one attached hydrogen (secondary N) is 1. The average molecular weight is 434 g/mol. The predicted octanol–water partition coefficient (Wildman–Crippen LogP) is 2.12. The summed E-state index contributed by atoms with van der Waals surface area (Å²) in [6, 6.07) is 19.1. The standard InChI is InChI=1S/C24H27N5O3/c25-15-19-8-4-5-9-21(19)27-10-12-28(13-11-27)23(30)22-14-20(26-24(31)32)17-29(22)16-18-6-2-1-3-7-18/h1-9,20,22,26H,10-14,16-17H2,(H,31,32). The molecule has 2 N–H and O–H groups in total. The van der Waals surface area contributed by atoms with Crippen molar-refractivity contribution < 1.29 is 14.7 Å². The molecule has 0 aromatic heterocycles. The lowest BCUT2D eigenvalue weighted by Gasteiger charge is -2.38. The van der Waals surface area contributed by atoms with Gasteiger partial charge in [0.1, 0.15) is 6.07 Å². The number of nitriles is 1. The molecule has 2 heterocycles. The number of likely N-dealkylation sites (tertiary alicyclic amines) is 1. The van der Waals surface area contributed by atoms with Gasteiger partial charge in [0.2, 0.25) is 5.91 Å². The summed E-state index contributed by atoms with van der Waals surface area (Å²) in [5, 5.41) is 21.1. The summed E-state index contributed by atoms with van der Waals surface area (Å²) in [4.78, 5) is 30.7. The van der Waals surface area contributed by atoms with Gasteiger partial charge in [-0.2, -0.15) is 5.26 Å².